The molecule has 0 unspecified atom stereocenters. The maximum absolute atomic E-state index is 10.8. The summed E-state index contributed by atoms with van der Waals surface area (Å²) in [6.45, 7) is -0.181. The fraction of sp³-hybridized carbons (Fsp3) is 0.0606. The smallest absolute Gasteiger partial charge is 1.00 e. The van der Waals surface area contributed by atoms with Crippen LogP contribution in [0.25, 0.3) is 22.3 Å². The van der Waals surface area contributed by atoms with Gasteiger partial charge in [0.05, 0.1) is 14.2 Å². The van der Waals surface area contributed by atoms with E-state index in [4.69, 9.17) is 29.6 Å². The Morgan fingerprint density at radius 2 is 1.21 bits per heavy atom. The molecule has 0 aliphatic carbocycles. The van der Waals surface area contributed by atoms with Gasteiger partial charge in [0.2, 0.25) is 17.3 Å². The first kappa shape index (κ1) is 52.1. The molecule has 0 aliphatic rings. The number of hydrogen-bond donors (Lipinski definition) is 3. The van der Waals surface area contributed by atoms with E-state index in [1.165, 1.54) is 12.3 Å². The molecule has 0 atom stereocenters. The largest absolute Gasteiger partial charge is 1.00 e. The van der Waals surface area contributed by atoms with Gasteiger partial charge in [0.15, 0.2) is 0 Å². The van der Waals surface area contributed by atoms with E-state index < -0.39 is 7.12 Å². The number of pyridine rings is 6. The van der Waals surface area contributed by atoms with E-state index in [-0.39, 0.29) is 133 Å². The van der Waals surface area contributed by atoms with Crippen LogP contribution in [0.15, 0.2) is 138 Å². The quantitative estimate of drug-likeness (QED) is 0.0677. The van der Waals surface area contributed by atoms with Crippen molar-refractivity contribution in [1.29, 1.82) is 0 Å². The van der Waals surface area contributed by atoms with Gasteiger partial charge in [-0.1, -0.05) is 18.2 Å². The number of carbonyl (C=O) groups excluding carboxylic acids is 1. The molecule has 14 nitrogen and oxygen atoms in total. The minimum Gasteiger partial charge on any atom is -1.00 e. The third kappa shape index (κ3) is 22.2. The van der Waals surface area contributed by atoms with Gasteiger partial charge in [-0.2, -0.15) is 0 Å². The zero-order valence-electron chi connectivity index (χ0n) is 29.6. The number of rotatable bonds is 6. The molecule has 0 saturated carbocycles. The van der Waals surface area contributed by atoms with Crippen molar-refractivity contribution >= 4 is 52.0 Å². The van der Waals surface area contributed by atoms with Crippen molar-refractivity contribution in [2.75, 3.05) is 14.2 Å². The molecular formula is C33H33BBr2K2N6O8. The topological polar surface area (TPSA) is 206 Å². The van der Waals surface area contributed by atoms with Crippen LogP contribution in [0, 0.1) is 0 Å². The van der Waals surface area contributed by atoms with Crippen LogP contribution in [0.1, 0.15) is 1.43 Å². The fourth-order valence-electron chi connectivity index (χ4n) is 3.34. The standard InChI is InChI=1S/C11H10N2O.C10H8N2O.C6H6BrNO.C5H6BNO2.CH2O3.BrH.2K.H/c1-14-11-5-4-10(8-13-11)9-3-2-6-12-7-9;13-10-4-3-9(7-12-10)8-2-1-5-11-6-8;1-9-6-3-2-5(7)4-8-6;8-6(9)5-2-1-3-7-4-5;2-1-4-3;;;;/h2-8H,1H3;1-7H,(H,12,13);2-4H,1H3;1-4,8-9H;1,3H;1H;;;/q;;;;;;2*+1;-1/p-1. The zero-order chi connectivity index (χ0) is 35.7. The Hall–Kier alpha value is -2.05. The van der Waals surface area contributed by atoms with E-state index in [2.05, 4.69) is 50.7 Å². The fourth-order valence-corrected chi connectivity index (χ4v) is 3.58. The number of halogens is 2. The SMILES string of the molecule is Br.COc1ccc(-c2cccnc2)cn1.COc1ccc(Br)cn1.O=CO[O-].O=c1ccc(-c2cccnc2)c[nH]1.OB(O)c1cccnc1.[H-].[K+].[K+]. The van der Waals surface area contributed by atoms with Gasteiger partial charge in [0, 0.05) is 101 Å². The van der Waals surface area contributed by atoms with Crippen LogP contribution >= 0.6 is 32.9 Å². The molecule has 0 saturated heterocycles. The Bertz CT molecular complexity index is 1800. The molecule has 262 valence electrons. The number of carbonyl (C=O) groups is 1. The second-order valence-corrected chi connectivity index (χ2v) is 9.80. The van der Waals surface area contributed by atoms with Crippen LogP contribution in [0.4, 0.5) is 0 Å². The number of ether oxygens (including phenoxy) is 2. The maximum Gasteiger partial charge on any atom is 1.00 e. The average molecular weight is 890 g/mol. The van der Waals surface area contributed by atoms with Crippen molar-refractivity contribution in [1.82, 2.24) is 29.9 Å². The predicted octanol–water partition coefficient (Wildman–Crippen LogP) is -2.66. The molecule has 0 radical (unpaired) electrons. The first-order valence-electron chi connectivity index (χ1n) is 13.9. The van der Waals surface area contributed by atoms with Gasteiger partial charge < -0.3 is 36.1 Å². The van der Waals surface area contributed by atoms with Gasteiger partial charge in [0.25, 0.3) is 6.47 Å². The van der Waals surface area contributed by atoms with Crippen molar-refractivity contribution in [3.63, 3.8) is 0 Å². The van der Waals surface area contributed by atoms with Gasteiger partial charge in [0.1, 0.15) is 0 Å². The minimum absolute atomic E-state index is 0. The molecule has 0 amide bonds. The predicted molar refractivity (Wildman–Crippen MR) is 195 cm³/mol. The van der Waals surface area contributed by atoms with E-state index in [9.17, 15) is 4.79 Å². The summed E-state index contributed by atoms with van der Waals surface area (Å²) in [5.74, 6) is 1.26. The molecule has 6 aromatic heterocycles. The molecule has 3 N–H and O–H groups in total. The van der Waals surface area contributed by atoms with Crippen molar-refractivity contribution < 1.29 is 139 Å². The van der Waals surface area contributed by atoms with Gasteiger partial charge in [-0.3, -0.25) is 24.5 Å². The molecule has 0 spiro atoms. The van der Waals surface area contributed by atoms with E-state index in [0.29, 0.717) is 17.2 Å². The normalized spacial score (nSPS) is 8.65. The number of nitrogens with one attached hydrogen (secondary N) is 1. The van der Waals surface area contributed by atoms with E-state index in [1.54, 1.807) is 81.9 Å². The monoisotopic (exact) mass is 888 g/mol. The summed E-state index contributed by atoms with van der Waals surface area (Å²) in [6, 6.07) is 21.7. The van der Waals surface area contributed by atoms with Crippen LogP contribution in [0.3, 0.4) is 0 Å². The van der Waals surface area contributed by atoms with Crippen LogP contribution in [-0.2, 0) is 9.68 Å². The number of methoxy groups -OCH3 is 2. The zero-order valence-corrected chi connectivity index (χ0v) is 38.2. The van der Waals surface area contributed by atoms with Gasteiger partial charge in [-0.15, -0.1) is 17.0 Å². The Morgan fingerprint density at radius 1 is 0.731 bits per heavy atom. The molecule has 0 aromatic carbocycles. The number of nitrogens with zero attached hydrogens (tertiary/aromatic N) is 5. The first-order chi connectivity index (χ1) is 23.8. The number of aromatic amines is 1. The van der Waals surface area contributed by atoms with Gasteiger partial charge in [-0.05, 0) is 57.9 Å². The summed E-state index contributed by atoms with van der Waals surface area (Å²) in [5.41, 5.74) is 4.39. The second kappa shape index (κ2) is 32.4. The summed E-state index contributed by atoms with van der Waals surface area (Å²) in [4.78, 5) is 44.4. The average Bonchev–Trinajstić information content (AvgIpc) is 3.17. The summed E-state index contributed by atoms with van der Waals surface area (Å²) in [7, 11) is 1.79. The molecule has 6 heterocycles. The van der Waals surface area contributed by atoms with Crippen LogP contribution in [0.5, 0.6) is 11.8 Å². The molecule has 52 heavy (non-hydrogen) atoms. The summed E-state index contributed by atoms with van der Waals surface area (Å²) < 4.78 is 10.8. The molecule has 19 heteroatoms. The third-order valence-electron chi connectivity index (χ3n) is 5.65. The molecule has 6 aromatic rings. The second-order valence-electron chi connectivity index (χ2n) is 8.89. The van der Waals surface area contributed by atoms with Crippen molar-refractivity contribution in [3.8, 4) is 34.0 Å². The van der Waals surface area contributed by atoms with Crippen molar-refractivity contribution in [2.24, 2.45) is 0 Å². The summed E-state index contributed by atoms with van der Waals surface area (Å²) in [6.07, 6.45) is 15.2. The Kier molecular flexibility index (Phi) is 32.4. The van der Waals surface area contributed by atoms with Crippen molar-refractivity contribution in [3.05, 3.63) is 143 Å². The van der Waals surface area contributed by atoms with E-state index >= 15 is 0 Å². The van der Waals surface area contributed by atoms with Crippen LogP contribution in [-0.4, -0.2) is 67.8 Å². The Labute approximate surface area is 406 Å². The molecule has 0 aliphatic heterocycles. The summed E-state index contributed by atoms with van der Waals surface area (Å²) in [5, 5.41) is 25.5. The number of hydrogen-bond acceptors (Lipinski definition) is 13. The maximum atomic E-state index is 10.8. The van der Waals surface area contributed by atoms with E-state index in [0.717, 1.165) is 26.7 Å². The number of aromatic nitrogens is 6. The summed E-state index contributed by atoms with van der Waals surface area (Å²) >= 11 is 3.26. The Morgan fingerprint density at radius 3 is 1.56 bits per heavy atom. The van der Waals surface area contributed by atoms with Crippen LogP contribution < -0.4 is 129 Å². The van der Waals surface area contributed by atoms with Gasteiger partial charge >= 0.3 is 110 Å². The van der Waals surface area contributed by atoms with Gasteiger partial charge in [-0.25, -0.2) is 9.97 Å². The molecule has 0 fully saturated rings. The van der Waals surface area contributed by atoms with Crippen molar-refractivity contribution in [2.45, 2.75) is 0 Å². The van der Waals surface area contributed by atoms with E-state index in [1.807, 2.05) is 48.7 Å². The number of H-pyrrole nitrogens is 1. The first-order valence-corrected chi connectivity index (χ1v) is 14.7. The third-order valence-corrected chi connectivity index (χ3v) is 6.12. The molecule has 0 bridgehead atoms. The molecular weight excluding hydrogens is 857 g/mol. The Balaban J connectivity index is -0.000000602. The minimum atomic E-state index is -1.40. The van der Waals surface area contributed by atoms with Crippen LogP contribution in [0.2, 0.25) is 0 Å². The molecule has 6 rings (SSSR count).